The highest BCUT2D eigenvalue weighted by atomic mass is 19.1. The Morgan fingerprint density at radius 2 is 2.17 bits per heavy atom. The standard InChI is InChI=1S/C11H13FN2O2.C2H6/c1-7-2-3-8(4-10(7)12)14-6-9(5-13)16-11(14)15;1-2/h2-4,9H,5-6,13H2,1H3;1-2H3. The zero-order valence-electron chi connectivity index (χ0n) is 10.9. The van der Waals surface area contributed by atoms with E-state index < -0.39 is 6.09 Å². The van der Waals surface area contributed by atoms with Gasteiger partial charge in [-0.1, -0.05) is 19.9 Å². The van der Waals surface area contributed by atoms with Crippen LogP contribution in [0.1, 0.15) is 19.4 Å². The Hall–Kier alpha value is -1.62. The van der Waals surface area contributed by atoms with Gasteiger partial charge in [0.15, 0.2) is 0 Å². The van der Waals surface area contributed by atoms with Gasteiger partial charge < -0.3 is 10.5 Å². The number of amides is 1. The van der Waals surface area contributed by atoms with Gasteiger partial charge in [-0.05, 0) is 24.6 Å². The molecule has 2 rings (SSSR count). The van der Waals surface area contributed by atoms with E-state index in [9.17, 15) is 9.18 Å². The highest BCUT2D eigenvalue weighted by Crippen LogP contribution is 2.23. The lowest BCUT2D eigenvalue weighted by Gasteiger charge is -2.13. The summed E-state index contributed by atoms with van der Waals surface area (Å²) in [4.78, 5) is 12.9. The Bertz CT molecular complexity index is 423. The van der Waals surface area contributed by atoms with Gasteiger partial charge in [-0.3, -0.25) is 4.90 Å². The molecule has 1 aliphatic heterocycles. The second-order valence-electron chi connectivity index (χ2n) is 3.79. The topological polar surface area (TPSA) is 55.6 Å². The molecule has 0 aromatic heterocycles. The van der Waals surface area contributed by atoms with Gasteiger partial charge in [0.05, 0.1) is 12.2 Å². The van der Waals surface area contributed by atoms with Crippen molar-refractivity contribution in [1.29, 1.82) is 0 Å². The van der Waals surface area contributed by atoms with Crippen molar-refractivity contribution >= 4 is 11.8 Å². The highest BCUT2D eigenvalue weighted by molar-refractivity contribution is 5.89. The zero-order chi connectivity index (χ0) is 13.7. The lowest BCUT2D eigenvalue weighted by atomic mass is 10.2. The number of ether oxygens (including phenoxy) is 1. The molecule has 1 aromatic rings. The molecule has 1 saturated heterocycles. The lowest BCUT2D eigenvalue weighted by Crippen LogP contribution is -2.27. The van der Waals surface area contributed by atoms with Crippen molar-refractivity contribution in [2.45, 2.75) is 26.9 Å². The van der Waals surface area contributed by atoms with E-state index in [-0.39, 0.29) is 18.5 Å². The van der Waals surface area contributed by atoms with E-state index in [1.54, 1.807) is 19.1 Å². The number of hydrogen-bond donors (Lipinski definition) is 1. The maximum atomic E-state index is 13.3. The molecule has 5 heteroatoms. The Kier molecular flexibility index (Phi) is 5.09. The second-order valence-corrected chi connectivity index (χ2v) is 3.79. The number of benzene rings is 1. The molecule has 1 atom stereocenters. The molecule has 0 bridgehead atoms. The smallest absolute Gasteiger partial charge is 0.414 e. The van der Waals surface area contributed by atoms with Gasteiger partial charge in [0, 0.05) is 6.54 Å². The van der Waals surface area contributed by atoms with Gasteiger partial charge in [-0.25, -0.2) is 9.18 Å². The summed E-state index contributed by atoms with van der Waals surface area (Å²) >= 11 is 0. The number of halogens is 1. The minimum Gasteiger partial charge on any atom is -0.443 e. The molecule has 2 N–H and O–H groups in total. The quantitative estimate of drug-likeness (QED) is 0.882. The number of hydrogen-bond acceptors (Lipinski definition) is 3. The highest BCUT2D eigenvalue weighted by Gasteiger charge is 2.31. The number of carbonyl (C=O) groups is 1. The normalized spacial score (nSPS) is 18.2. The first kappa shape index (κ1) is 14.4. The van der Waals surface area contributed by atoms with Crippen molar-refractivity contribution in [2.24, 2.45) is 5.73 Å². The van der Waals surface area contributed by atoms with E-state index in [0.29, 0.717) is 17.8 Å². The fourth-order valence-electron chi connectivity index (χ4n) is 1.60. The Balaban J connectivity index is 0.000000771. The maximum Gasteiger partial charge on any atom is 0.414 e. The third kappa shape index (κ3) is 2.98. The number of nitrogens with zero attached hydrogens (tertiary/aromatic N) is 1. The van der Waals surface area contributed by atoms with E-state index in [1.807, 2.05) is 13.8 Å². The van der Waals surface area contributed by atoms with Gasteiger partial charge in [0.1, 0.15) is 11.9 Å². The molecule has 0 spiro atoms. The summed E-state index contributed by atoms with van der Waals surface area (Å²) in [7, 11) is 0. The molecule has 100 valence electrons. The van der Waals surface area contributed by atoms with E-state index in [2.05, 4.69) is 0 Å². The minimum absolute atomic E-state index is 0.274. The average molecular weight is 254 g/mol. The molecule has 0 saturated carbocycles. The van der Waals surface area contributed by atoms with Crippen molar-refractivity contribution in [3.8, 4) is 0 Å². The number of anilines is 1. The number of aryl methyl sites for hydroxylation is 1. The van der Waals surface area contributed by atoms with Crippen LogP contribution in [0.25, 0.3) is 0 Å². The largest absolute Gasteiger partial charge is 0.443 e. The minimum atomic E-state index is -0.473. The molecule has 0 radical (unpaired) electrons. The molecular formula is C13H19FN2O2. The molecule has 1 unspecified atom stereocenters. The number of carbonyl (C=O) groups excluding carboxylic acids is 1. The van der Waals surface area contributed by atoms with Crippen LogP contribution >= 0.6 is 0 Å². The SMILES string of the molecule is CC.Cc1ccc(N2CC(CN)OC2=O)cc1F. The molecule has 1 heterocycles. The van der Waals surface area contributed by atoms with Gasteiger partial charge in [-0.15, -0.1) is 0 Å². The van der Waals surface area contributed by atoms with Crippen molar-refractivity contribution in [3.63, 3.8) is 0 Å². The first-order valence-corrected chi connectivity index (χ1v) is 6.06. The van der Waals surface area contributed by atoms with Crippen molar-refractivity contribution < 1.29 is 13.9 Å². The summed E-state index contributed by atoms with van der Waals surface area (Å²) in [5.41, 5.74) is 6.46. The van der Waals surface area contributed by atoms with E-state index >= 15 is 0 Å². The first-order chi connectivity index (χ1) is 8.61. The predicted octanol–water partition coefficient (Wildman–Crippen LogP) is 2.44. The predicted molar refractivity (Wildman–Crippen MR) is 69.2 cm³/mol. The van der Waals surface area contributed by atoms with Crippen LogP contribution in [0.15, 0.2) is 18.2 Å². The van der Waals surface area contributed by atoms with E-state index in [1.165, 1.54) is 11.0 Å². The maximum absolute atomic E-state index is 13.3. The third-order valence-corrected chi connectivity index (χ3v) is 2.60. The summed E-state index contributed by atoms with van der Waals surface area (Å²) in [6, 6.07) is 4.65. The second kappa shape index (κ2) is 6.35. The molecule has 1 aliphatic rings. The van der Waals surface area contributed by atoms with Crippen LogP contribution in [0.2, 0.25) is 0 Å². The Morgan fingerprint density at radius 3 is 2.67 bits per heavy atom. The fourth-order valence-corrected chi connectivity index (χ4v) is 1.60. The molecular weight excluding hydrogens is 235 g/mol. The molecule has 4 nitrogen and oxygen atoms in total. The van der Waals surface area contributed by atoms with Crippen LogP contribution in [0.4, 0.5) is 14.9 Å². The molecule has 1 aromatic carbocycles. The fraction of sp³-hybridized carbons (Fsp3) is 0.462. The monoisotopic (exact) mass is 254 g/mol. The summed E-state index contributed by atoms with van der Waals surface area (Å²) in [6.45, 7) is 6.32. The van der Waals surface area contributed by atoms with Crippen LogP contribution in [0, 0.1) is 12.7 Å². The Labute approximate surface area is 107 Å². The lowest BCUT2D eigenvalue weighted by molar-refractivity contribution is 0.145. The molecule has 18 heavy (non-hydrogen) atoms. The van der Waals surface area contributed by atoms with Crippen LogP contribution in [0.5, 0.6) is 0 Å². The molecule has 1 amide bonds. The van der Waals surface area contributed by atoms with Crippen LogP contribution < -0.4 is 10.6 Å². The average Bonchev–Trinajstić information content (AvgIpc) is 2.77. The van der Waals surface area contributed by atoms with Gasteiger partial charge in [0.2, 0.25) is 0 Å². The zero-order valence-corrected chi connectivity index (χ0v) is 10.9. The molecule has 0 aliphatic carbocycles. The van der Waals surface area contributed by atoms with Crippen molar-refractivity contribution in [1.82, 2.24) is 0 Å². The summed E-state index contributed by atoms with van der Waals surface area (Å²) in [6.07, 6.45) is -0.782. The number of nitrogens with two attached hydrogens (primary N) is 1. The van der Waals surface area contributed by atoms with E-state index in [4.69, 9.17) is 10.5 Å². The third-order valence-electron chi connectivity index (χ3n) is 2.60. The molecule has 1 fully saturated rings. The van der Waals surface area contributed by atoms with Crippen LogP contribution in [0.3, 0.4) is 0 Å². The van der Waals surface area contributed by atoms with Gasteiger partial charge >= 0.3 is 6.09 Å². The first-order valence-electron chi connectivity index (χ1n) is 6.06. The summed E-state index contributed by atoms with van der Waals surface area (Å²) < 4.78 is 18.3. The van der Waals surface area contributed by atoms with Crippen LogP contribution in [-0.4, -0.2) is 25.3 Å². The van der Waals surface area contributed by atoms with Gasteiger partial charge in [0.25, 0.3) is 0 Å². The number of rotatable bonds is 2. The summed E-state index contributed by atoms with van der Waals surface area (Å²) in [5, 5.41) is 0. The summed E-state index contributed by atoms with van der Waals surface area (Å²) in [5.74, 6) is -0.332. The van der Waals surface area contributed by atoms with Crippen molar-refractivity contribution in [3.05, 3.63) is 29.6 Å². The van der Waals surface area contributed by atoms with Gasteiger partial charge in [-0.2, -0.15) is 0 Å². The van der Waals surface area contributed by atoms with Crippen LogP contribution in [-0.2, 0) is 4.74 Å². The number of cyclic esters (lactones) is 1. The Morgan fingerprint density at radius 1 is 1.50 bits per heavy atom. The van der Waals surface area contributed by atoms with Crippen molar-refractivity contribution in [2.75, 3.05) is 18.0 Å². The van der Waals surface area contributed by atoms with E-state index in [0.717, 1.165) is 0 Å².